The lowest BCUT2D eigenvalue weighted by atomic mass is 10.1. The highest BCUT2D eigenvalue weighted by molar-refractivity contribution is 14.0. The number of aryl methyl sites for hydroxylation is 1. The summed E-state index contributed by atoms with van der Waals surface area (Å²) in [5.74, 6) is 1.71. The zero-order chi connectivity index (χ0) is 16.2. The van der Waals surface area contributed by atoms with E-state index in [0.717, 1.165) is 30.4 Å². The van der Waals surface area contributed by atoms with E-state index in [1.807, 2.05) is 6.92 Å². The van der Waals surface area contributed by atoms with Gasteiger partial charge in [-0.25, -0.2) is 4.99 Å². The molecule has 0 heterocycles. The number of halogens is 1. The molecule has 0 saturated heterocycles. The average molecular weight is 435 g/mol. The number of guanidine groups is 1. The second-order valence-electron chi connectivity index (χ2n) is 4.88. The molecule has 132 valence electrons. The number of aliphatic imine (C=N–C) groups is 1. The van der Waals surface area contributed by atoms with Crippen LogP contribution in [0.15, 0.2) is 23.2 Å². The summed E-state index contributed by atoms with van der Waals surface area (Å²) in [4.78, 5) is 4.59. The maximum atomic E-state index is 5.84. The third kappa shape index (κ3) is 9.00. The van der Waals surface area contributed by atoms with Gasteiger partial charge in [0, 0.05) is 25.3 Å². The fraction of sp³-hybridized carbons (Fsp3) is 0.588. The van der Waals surface area contributed by atoms with Crippen LogP contribution >= 0.6 is 24.0 Å². The fourth-order valence-electron chi connectivity index (χ4n) is 1.96. The number of hydrogen-bond donors (Lipinski definition) is 2. The van der Waals surface area contributed by atoms with E-state index in [1.165, 1.54) is 5.56 Å². The van der Waals surface area contributed by atoms with Crippen LogP contribution in [-0.4, -0.2) is 38.9 Å². The van der Waals surface area contributed by atoms with Crippen LogP contribution in [0.1, 0.15) is 31.9 Å². The van der Waals surface area contributed by atoms with Crippen LogP contribution in [0.4, 0.5) is 0 Å². The van der Waals surface area contributed by atoms with Crippen LogP contribution in [0.25, 0.3) is 0 Å². The van der Waals surface area contributed by atoms with Crippen molar-refractivity contribution in [3.05, 3.63) is 29.3 Å². The van der Waals surface area contributed by atoms with Crippen molar-refractivity contribution in [1.82, 2.24) is 10.6 Å². The minimum absolute atomic E-state index is 0. The van der Waals surface area contributed by atoms with Gasteiger partial charge < -0.3 is 20.1 Å². The van der Waals surface area contributed by atoms with Gasteiger partial charge >= 0.3 is 0 Å². The molecule has 0 spiro atoms. The lowest BCUT2D eigenvalue weighted by molar-refractivity contribution is 0.110. The summed E-state index contributed by atoms with van der Waals surface area (Å²) in [6, 6.07) is 6.21. The number of nitrogens with one attached hydrogen (secondary N) is 2. The summed E-state index contributed by atoms with van der Waals surface area (Å²) in [7, 11) is 0. The molecule has 0 aliphatic heterocycles. The van der Waals surface area contributed by atoms with Crippen molar-refractivity contribution in [2.24, 2.45) is 4.99 Å². The highest BCUT2D eigenvalue weighted by Gasteiger charge is 2.05. The monoisotopic (exact) mass is 435 g/mol. The van der Waals surface area contributed by atoms with E-state index in [0.29, 0.717) is 26.4 Å². The van der Waals surface area contributed by atoms with Crippen LogP contribution in [0.2, 0.25) is 0 Å². The molecule has 1 aromatic rings. The smallest absolute Gasteiger partial charge is 0.191 e. The summed E-state index contributed by atoms with van der Waals surface area (Å²) >= 11 is 0. The number of benzene rings is 1. The van der Waals surface area contributed by atoms with E-state index >= 15 is 0 Å². The van der Waals surface area contributed by atoms with E-state index in [-0.39, 0.29) is 24.0 Å². The number of nitrogens with zero attached hydrogens (tertiary/aromatic N) is 1. The summed E-state index contributed by atoms with van der Waals surface area (Å²) in [5, 5.41) is 6.45. The van der Waals surface area contributed by atoms with Crippen molar-refractivity contribution in [3.8, 4) is 5.75 Å². The zero-order valence-electron chi connectivity index (χ0n) is 14.6. The Morgan fingerprint density at radius 1 is 1.09 bits per heavy atom. The Hall–Kier alpha value is -1.02. The lowest BCUT2D eigenvalue weighted by Gasteiger charge is -2.13. The molecule has 0 fully saturated rings. The topological polar surface area (TPSA) is 54.9 Å². The molecule has 1 aromatic carbocycles. The third-order valence-electron chi connectivity index (χ3n) is 3.01. The van der Waals surface area contributed by atoms with Gasteiger partial charge in [-0.15, -0.1) is 24.0 Å². The van der Waals surface area contributed by atoms with Gasteiger partial charge in [-0.2, -0.15) is 0 Å². The van der Waals surface area contributed by atoms with Crippen molar-refractivity contribution in [2.75, 3.05) is 32.9 Å². The molecule has 0 aliphatic rings. The molecule has 0 bridgehead atoms. The molecule has 23 heavy (non-hydrogen) atoms. The Labute approximate surface area is 157 Å². The summed E-state index contributed by atoms with van der Waals surface area (Å²) in [6.07, 6.45) is 0. The van der Waals surface area contributed by atoms with Crippen LogP contribution in [0.5, 0.6) is 5.75 Å². The molecule has 1 rings (SSSR count). The number of hydrogen-bond acceptors (Lipinski definition) is 3. The summed E-state index contributed by atoms with van der Waals surface area (Å²) in [5.41, 5.74) is 2.26. The molecule has 0 saturated carbocycles. The SMILES string of the molecule is CCNC(=NCc1ccc(C)cc1OCCOCC)NCC.I. The van der Waals surface area contributed by atoms with E-state index < -0.39 is 0 Å². The Bertz CT molecular complexity index is 459. The highest BCUT2D eigenvalue weighted by Crippen LogP contribution is 2.21. The van der Waals surface area contributed by atoms with Gasteiger partial charge in [0.05, 0.1) is 13.2 Å². The lowest BCUT2D eigenvalue weighted by Crippen LogP contribution is -2.36. The maximum Gasteiger partial charge on any atom is 0.191 e. The average Bonchev–Trinajstić information content (AvgIpc) is 2.51. The molecule has 0 unspecified atom stereocenters. The van der Waals surface area contributed by atoms with Crippen molar-refractivity contribution in [3.63, 3.8) is 0 Å². The Morgan fingerprint density at radius 2 is 1.78 bits per heavy atom. The van der Waals surface area contributed by atoms with E-state index in [2.05, 4.69) is 54.6 Å². The minimum Gasteiger partial charge on any atom is -0.491 e. The quantitative estimate of drug-likeness (QED) is 0.271. The first-order valence-electron chi connectivity index (χ1n) is 8.03. The van der Waals surface area contributed by atoms with Crippen molar-refractivity contribution in [1.29, 1.82) is 0 Å². The molecule has 6 heteroatoms. The number of rotatable bonds is 9. The van der Waals surface area contributed by atoms with Gasteiger partial charge in [0.1, 0.15) is 12.4 Å². The van der Waals surface area contributed by atoms with Crippen molar-refractivity contribution >= 4 is 29.9 Å². The van der Waals surface area contributed by atoms with E-state index in [4.69, 9.17) is 9.47 Å². The molecule has 0 amide bonds. The van der Waals surface area contributed by atoms with Gasteiger partial charge in [-0.3, -0.25) is 0 Å². The zero-order valence-corrected chi connectivity index (χ0v) is 17.0. The first kappa shape index (κ1) is 22.0. The molecule has 0 aliphatic carbocycles. The van der Waals surface area contributed by atoms with Crippen molar-refractivity contribution < 1.29 is 9.47 Å². The molecule has 0 atom stereocenters. The van der Waals surface area contributed by atoms with Gasteiger partial charge in [0.25, 0.3) is 0 Å². The molecule has 2 N–H and O–H groups in total. The standard InChI is InChI=1S/C17H29N3O2.HI/c1-5-18-17(19-6-2)20-13-15-9-8-14(4)12-16(15)22-11-10-21-7-3;/h8-9,12H,5-7,10-11,13H2,1-4H3,(H2,18,19,20);1H. The van der Waals surface area contributed by atoms with E-state index in [9.17, 15) is 0 Å². The molecule has 0 radical (unpaired) electrons. The summed E-state index contributed by atoms with van der Waals surface area (Å²) < 4.78 is 11.2. The second-order valence-corrected chi connectivity index (χ2v) is 4.88. The Balaban J connectivity index is 0.00000484. The first-order valence-corrected chi connectivity index (χ1v) is 8.03. The van der Waals surface area contributed by atoms with Gasteiger partial charge in [0.2, 0.25) is 0 Å². The molecule has 0 aromatic heterocycles. The van der Waals surface area contributed by atoms with Crippen LogP contribution in [0.3, 0.4) is 0 Å². The van der Waals surface area contributed by atoms with Crippen LogP contribution in [0, 0.1) is 6.92 Å². The fourth-order valence-corrected chi connectivity index (χ4v) is 1.96. The summed E-state index contributed by atoms with van der Waals surface area (Å²) in [6.45, 7) is 12.3. The van der Waals surface area contributed by atoms with Gasteiger partial charge in [-0.1, -0.05) is 12.1 Å². The maximum absolute atomic E-state index is 5.84. The number of ether oxygens (including phenoxy) is 2. The second kappa shape index (κ2) is 13.4. The Morgan fingerprint density at radius 3 is 2.39 bits per heavy atom. The van der Waals surface area contributed by atoms with Crippen LogP contribution < -0.4 is 15.4 Å². The molecular formula is C17H30IN3O2. The molecular weight excluding hydrogens is 405 g/mol. The predicted molar refractivity (Wildman–Crippen MR) is 107 cm³/mol. The van der Waals surface area contributed by atoms with E-state index in [1.54, 1.807) is 0 Å². The normalized spacial score (nSPS) is 9.74. The predicted octanol–water partition coefficient (Wildman–Crippen LogP) is 3.10. The van der Waals surface area contributed by atoms with Gasteiger partial charge in [-0.05, 0) is 39.3 Å². The largest absolute Gasteiger partial charge is 0.491 e. The highest BCUT2D eigenvalue weighted by atomic mass is 127. The van der Waals surface area contributed by atoms with Crippen LogP contribution in [-0.2, 0) is 11.3 Å². The first-order chi connectivity index (χ1) is 10.7. The van der Waals surface area contributed by atoms with Crippen molar-refractivity contribution in [2.45, 2.75) is 34.2 Å². The Kier molecular flexibility index (Phi) is 12.8. The molecule has 5 nitrogen and oxygen atoms in total. The third-order valence-corrected chi connectivity index (χ3v) is 3.01. The van der Waals surface area contributed by atoms with Gasteiger partial charge in [0.15, 0.2) is 5.96 Å². The minimum atomic E-state index is 0.